The molecule has 8 nitrogen and oxygen atoms in total. The summed E-state index contributed by atoms with van der Waals surface area (Å²) in [6.45, 7) is 0. The molecule has 0 aliphatic carbocycles. The van der Waals surface area contributed by atoms with E-state index in [1.54, 1.807) is 24.3 Å². The molecule has 0 spiro atoms. The van der Waals surface area contributed by atoms with Gasteiger partial charge < -0.3 is 5.73 Å². The first-order valence-electron chi connectivity index (χ1n) is 9.29. The molecule has 0 saturated carbocycles. The zero-order chi connectivity index (χ0) is 24.8. The molecule has 176 valence electrons. The first kappa shape index (κ1) is 24.0. The molecule has 0 radical (unpaired) electrons. The van der Waals surface area contributed by atoms with Gasteiger partial charge in [-0.15, -0.1) is 0 Å². The quantitative estimate of drug-likeness (QED) is 0.519. The number of hydrogen-bond acceptors (Lipinski definition) is 7. The Labute approximate surface area is 203 Å². The number of hydrogen-bond donors (Lipinski definition) is 2. The van der Waals surface area contributed by atoms with Crippen LogP contribution in [0.4, 0.5) is 19.0 Å². The zero-order valence-electron chi connectivity index (χ0n) is 17.0. The van der Waals surface area contributed by atoms with Gasteiger partial charge in [-0.3, -0.25) is 4.21 Å². The number of aliphatic imine (C=N–C) groups is 1. The molecule has 2 unspecified atom stereocenters. The first-order chi connectivity index (χ1) is 16.0. The van der Waals surface area contributed by atoms with Crippen molar-refractivity contribution in [3.8, 4) is 11.8 Å². The molecule has 2 aromatic carbocycles. The molecule has 2 atom stereocenters. The lowest BCUT2D eigenvalue weighted by atomic mass is 10.1. The van der Waals surface area contributed by atoms with Gasteiger partial charge in [0.2, 0.25) is 6.23 Å². The summed E-state index contributed by atoms with van der Waals surface area (Å²) in [5.74, 6) is -0.0603. The Morgan fingerprint density at radius 2 is 1.85 bits per heavy atom. The Bertz CT molecular complexity index is 1360. The van der Waals surface area contributed by atoms with Crippen LogP contribution in [0.1, 0.15) is 28.6 Å². The fourth-order valence-electron chi connectivity index (χ4n) is 3.21. The number of hydroxylamine groups is 1. The molecular formula is C20H13Cl2F3N6O2S. The van der Waals surface area contributed by atoms with Crippen molar-refractivity contribution in [3.63, 3.8) is 0 Å². The number of aromatic nitrogens is 2. The molecule has 14 heteroatoms. The molecular weight excluding hydrogens is 516 g/mol. The summed E-state index contributed by atoms with van der Waals surface area (Å²) in [6.07, 6.45) is -4.11. The van der Waals surface area contributed by atoms with Crippen LogP contribution in [0.3, 0.4) is 0 Å². The summed E-state index contributed by atoms with van der Waals surface area (Å²) < 4.78 is 52.8. The average Bonchev–Trinajstić information content (AvgIpc) is 3.38. The van der Waals surface area contributed by atoms with Gasteiger partial charge in [0.25, 0.3) is 0 Å². The number of alkyl halides is 3. The molecule has 2 heterocycles. The van der Waals surface area contributed by atoms with Crippen molar-refractivity contribution in [3.05, 3.63) is 68.8 Å². The highest BCUT2D eigenvalue weighted by atomic mass is 35.5. The second-order valence-corrected chi connectivity index (χ2v) is 9.13. The number of anilines is 1. The molecule has 0 fully saturated rings. The zero-order valence-corrected chi connectivity index (χ0v) is 19.4. The summed E-state index contributed by atoms with van der Waals surface area (Å²) in [6, 6.07) is 9.91. The fraction of sp³-hybridized carbons (Fsp3) is 0.150. The van der Waals surface area contributed by atoms with Crippen LogP contribution in [0, 0.1) is 11.3 Å². The number of nitrogens with one attached hydrogen (secondary N) is 1. The molecule has 1 aliphatic heterocycles. The second-order valence-electron chi connectivity index (χ2n) is 7.00. The first-order valence-corrected chi connectivity index (χ1v) is 11.6. The highest BCUT2D eigenvalue weighted by molar-refractivity contribution is 7.84. The topological polar surface area (TPSA) is 118 Å². The van der Waals surface area contributed by atoms with E-state index in [4.69, 9.17) is 39.0 Å². The predicted octanol–water partition coefficient (Wildman–Crippen LogP) is 4.37. The Balaban J connectivity index is 1.80. The molecule has 34 heavy (non-hydrogen) atoms. The smallest absolute Gasteiger partial charge is 0.383 e. The van der Waals surface area contributed by atoms with Gasteiger partial charge in [-0.25, -0.2) is 20.0 Å². The molecule has 1 aliphatic rings. The number of nitrogens with zero attached hydrogens (tertiary/aromatic N) is 4. The van der Waals surface area contributed by atoms with Crippen molar-refractivity contribution in [2.24, 2.45) is 4.99 Å². The van der Waals surface area contributed by atoms with E-state index in [0.717, 1.165) is 4.68 Å². The normalized spacial score (nSPS) is 16.6. The van der Waals surface area contributed by atoms with Crippen molar-refractivity contribution >= 4 is 45.7 Å². The van der Waals surface area contributed by atoms with E-state index in [2.05, 4.69) is 15.6 Å². The third-order valence-corrected chi connectivity index (χ3v) is 6.34. The Kier molecular flexibility index (Phi) is 6.30. The van der Waals surface area contributed by atoms with Gasteiger partial charge in [-0.05, 0) is 24.3 Å². The van der Waals surface area contributed by atoms with E-state index in [1.165, 1.54) is 6.26 Å². The van der Waals surface area contributed by atoms with Crippen LogP contribution in [0.15, 0.2) is 46.3 Å². The number of halogens is 5. The van der Waals surface area contributed by atoms with Crippen molar-refractivity contribution in [1.29, 1.82) is 5.26 Å². The van der Waals surface area contributed by atoms with Crippen LogP contribution in [0.25, 0.3) is 5.69 Å². The molecule has 3 aromatic rings. The standard InChI is InChI=1S/C20H13Cl2F3N6O2S/c1-34(32)16-14(18-28-19(33-30-18)10-4-2-9(8-26)3-5-10)29-31(17(16)27)15-12(21)6-11(7-13(15)22)20(23,24)25/h2-7,19H,27H2,1H3,(H,28,30). The third-order valence-electron chi connectivity index (χ3n) is 4.78. The fourth-order valence-corrected chi connectivity index (χ4v) is 4.65. The van der Waals surface area contributed by atoms with Crippen LogP contribution < -0.4 is 11.2 Å². The Morgan fingerprint density at radius 3 is 2.38 bits per heavy atom. The van der Waals surface area contributed by atoms with E-state index in [1.807, 2.05) is 6.07 Å². The SMILES string of the molecule is CS(=O)c1c(C2=NC(c3ccc(C#N)cc3)ON2)nn(-c2c(Cl)cc(C(F)(F)F)cc2Cl)c1N. The predicted molar refractivity (Wildman–Crippen MR) is 120 cm³/mol. The van der Waals surface area contributed by atoms with Crippen LogP contribution in [-0.2, 0) is 21.8 Å². The number of nitrogen functional groups attached to an aromatic ring is 1. The lowest BCUT2D eigenvalue weighted by Crippen LogP contribution is -2.20. The van der Waals surface area contributed by atoms with Gasteiger partial charge in [-0.2, -0.15) is 23.5 Å². The summed E-state index contributed by atoms with van der Waals surface area (Å²) in [5, 5.41) is 12.5. The van der Waals surface area contributed by atoms with Gasteiger partial charge in [0.1, 0.15) is 22.1 Å². The van der Waals surface area contributed by atoms with E-state index < -0.39 is 28.8 Å². The molecule has 1 aromatic heterocycles. The van der Waals surface area contributed by atoms with Gasteiger partial charge in [0.15, 0.2) is 5.84 Å². The van der Waals surface area contributed by atoms with Gasteiger partial charge in [0.05, 0.1) is 38.0 Å². The van der Waals surface area contributed by atoms with E-state index in [0.29, 0.717) is 23.3 Å². The summed E-state index contributed by atoms with van der Waals surface area (Å²) in [5.41, 5.74) is 8.73. The highest BCUT2D eigenvalue weighted by Crippen LogP contribution is 2.39. The van der Waals surface area contributed by atoms with E-state index in [9.17, 15) is 17.4 Å². The minimum absolute atomic E-state index is 0.0431. The number of rotatable bonds is 4. The number of nitrogens with two attached hydrogens (primary N) is 1. The van der Waals surface area contributed by atoms with Crippen LogP contribution in [0.5, 0.6) is 0 Å². The van der Waals surface area contributed by atoms with Crippen molar-refractivity contribution in [1.82, 2.24) is 15.3 Å². The van der Waals surface area contributed by atoms with Gasteiger partial charge in [-0.1, -0.05) is 35.3 Å². The van der Waals surface area contributed by atoms with Crippen LogP contribution >= 0.6 is 23.2 Å². The van der Waals surface area contributed by atoms with Gasteiger partial charge >= 0.3 is 6.18 Å². The third kappa shape index (κ3) is 4.35. The maximum atomic E-state index is 13.1. The number of nitriles is 1. The van der Waals surface area contributed by atoms with Crippen molar-refractivity contribution < 1.29 is 22.2 Å². The maximum Gasteiger partial charge on any atom is 0.416 e. The minimum Gasteiger partial charge on any atom is -0.383 e. The highest BCUT2D eigenvalue weighted by Gasteiger charge is 2.34. The maximum absolute atomic E-state index is 13.1. The monoisotopic (exact) mass is 528 g/mol. The number of amidine groups is 1. The minimum atomic E-state index is -4.66. The lowest BCUT2D eigenvalue weighted by Gasteiger charge is -2.13. The summed E-state index contributed by atoms with van der Waals surface area (Å²) >= 11 is 12.2. The van der Waals surface area contributed by atoms with E-state index >= 15 is 0 Å². The number of benzene rings is 2. The molecule has 0 saturated heterocycles. The second kappa shape index (κ2) is 8.92. The molecule has 0 amide bonds. The molecule has 0 bridgehead atoms. The summed E-state index contributed by atoms with van der Waals surface area (Å²) in [4.78, 5) is 9.91. The van der Waals surface area contributed by atoms with Gasteiger partial charge in [0, 0.05) is 11.8 Å². The van der Waals surface area contributed by atoms with Crippen molar-refractivity contribution in [2.45, 2.75) is 17.3 Å². The largest absolute Gasteiger partial charge is 0.416 e. The van der Waals surface area contributed by atoms with Crippen LogP contribution in [0.2, 0.25) is 10.0 Å². The Morgan fingerprint density at radius 1 is 1.24 bits per heavy atom. The van der Waals surface area contributed by atoms with Crippen molar-refractivity contribution in [2.75, 3.05) is 12.0 Å². The Hall–Kier alpha value is -3.11. The van der Waals surface area contributed by atoms with Crippen LogP contribution in [-0.4, -0.2) is 26.1 Å². The molecule has 3 N–H and O–H groups in total. The summed E-state index contributed by atoms with van der Waals surface area (Å²) in [7, 11) is -1.68. The van der Waals surface area contributed by atoms with E-state index in [-0.39, 0.29) is 38.0 Å². The average molecular weight is 529 g/mol. The molecule has 4 rings (SSSR count). The lowest BCUT2D eigenvalue weighted by molar-refractivity contribution is -0.137.